The first-order valence-corrected chi connectivity index (χ1v) is 18.2. The highest BCUT2D eigenvalue weighted by Gasteiger charge is 2.39. The first-order chi connectivity index (χ1) is 24.7. The first-order valence-electron chi connectivity index (χ1n) is 17.0. The van der Waals surface area contributed by atoms with Crippen LogP contribution in [0.5, 0.6) is 0 Å². The highest BCUT2D eigenvalue weighted by molar-refractivity contribution is 8.00. The lowest BCUT2D eigenvalue weighted by atomic mass is 9.82. The van der Waals surface area contributed by atoms with Gasteiger partial charge in [-0.15, -0.1) is 11.8 Å². The number of halogens is 2. The van der Waals surface area contributed by atoms with Gasteiger partial charge in [-0.3, -0.25) is 24.1 Å². The van der Waals surface area contributed by atoms with Crippen LogP contribution in [-0.4, -0.2) is 92.8 Å². The number of nitrogens with zero attached hydrogens (tertiary/aromatic N) is 3. The Hall–Kier alpha value is -4.82. The molecular formula is C38H43F2N5O6S. The van der Waals surface area contributed by atoms with Gasteiger partial charge in [-0.25, -0.2) is 13.6 Å². The fourth-order valence-corrected chi connectivity index (χ4v) is 7.52. The zero-order chi connectivity index (χ0) is 37.6. The van der Waals surface area contributed by atoms with Crippen LogP contribution in [0.1, 0.15) is 44.5 Å². The number of aromatic nitrogens is 1. The second kappa shape index (κ2) is 16.7. The van der Waals surface area contributed by atoms with Crippen molar-refractivity contribution in [2.24, 2.45) is 11.3 Å². The summed E-state index contributed by atoms with van der Waals surface area (Å²) in [4.78, 5) is 65.2. The summed E-state index contributed by atoms with van der Waals surface area (Å²) in [5.41, 5.74) is 1.73. The molecule has 276 valence electrons. The fraction of sp³-hybridized carbons (Fsp3) is 0.395. The number of carboxylic acids is 1. The summed E-state index contributed by atoms with van der Waals surface area (Å²) in [5, 5.41) is 15.5. The van der Waals surface area contributed by atoms with Crippen molar-refractivity contribution in [2.45, 2.75) is 45.8 Å². The molecule has 0 spiro atoms. The highest BCUT2D eigenvalue weighted by atomic mass is 32.2. The molecule has 3 aromatic rings. The van der Waals surface area contributed by atoms with Crippen molar-refractivity contribution < 1.29 is 37.9 Å². The topological polar surface area (TPSA) is 141 Å². The average molecular weight is 736 g/mol. The second-order valence-corrected chi connectivity index (χ2v) is 15.2. The van der Waals surface area contributed by atoms with Gasteiger partial charge in [-0.1, -0.05) is 51.1 Å². The van der Waals surface area contributed by atoms with Gasteiger partial charge < -0.3 is 25.2 Å². The SMILES string of the molecule is CC(C)(C)C(c1cc(-c2cc(F)ccc2F)cn1Cc1ccccc1)N(CC1CCNC1)C(=O)CSCC(NC(=O)CN1C(=O)C=CC1=O)C(=O)O. The van der Waals surface area contributed by atoms with Crippen LogP contribution in [0.3, 0.4) is 0 Å². The third kappa shape index (κ3) is 9.53. The predicted molar refractivity (Wildman–Crippen MR) is 193 cm³/mol. The molecule has 0 aliphatic carbocycles. The number of carbonyl (C=O) groups excluding carboxylic acids is 4. The predicted octanol–water partition coefficient (Wildman–Crippen LogP) is 4.23. The van der Waals surface area contributed by atoms with E-state index in [0.29, 0.717) is 30.1 Å². The Kier molecular flexibility index (Phi) is 12.3. The van der Waals surface area contributed by atoms with Crippen LogP contribution >= 0.6 is 11.8 Å². The third-order valence-corrected chi connectivity index (χ3v) is 10.1. The van der Waals surface area contributed by atoms with Crippen molar-refractivity contribution in [1.29, 1.82) is 0 Å². The molecule has 2 aliphatic heterocycles. The van der Waals surface area contributed by atoms with E-state index in [4.69, 9.17) is 0 Å². The van der Waals surface area contributed by atoms with Crippen LogP contribution in [0.25, 0.3) is 11.1 Å². The molecule has 3 atom stereocenters. The quantitative estimate of drug-likeness (QED) is 0.197. The van der Waals surface area contributed by atoms with Crippen molar-refractivity contribution in [1.82, 2.24) is 25.0 Å². The third-order valence-electron chi connectivity index (χ3n) is 9.06. The van der Waals surface area contributed by atoms with E-state index in [1.54, 1.807) is 6.20 Å². The van der Waals surface area contributed by atoms with Gasteiger partial charge in [0.25, 0.3) is 11.8 Å². The van der Waals surface area contributed by atoms with Crippen LogP contribution < -0.4 is 10.6 Å². The van der Waals surface area contributed by atoms with E-state index in [1.807, 2.05) is 66.6 Å². The van der Waals surface area contributed by atoms with Crippen molar-refractivity contribution in [3.8, 4) is 11.1 Å². The average Bonchev–Trinajstić information content (AvgIpc) is 3.83. The molecule has 0 saturated carbocycles. The molecule has 11 nitrogen and oxygen atoms in total. The first kappa shape index (κ1) is 38.4. The second-order valence-electron chi connectivity index (χ2n) is 14.1. The van der Waals surface area contributed by atoms with E-state index in [-0.39, 0.29) is 28.9 Å². The van der Waals surface area contributed by atoms with E-state index < -0.39 is 59.4 Å². The molecule has 5 rings (SSSR count). The van der Waals surface area contributed by atoms with Crippen LogP contribution in [-0.2, 0) is 30.5 Å². The molecule has 3 N–H and O–H groups in total. The molecule has 2 aromatic carbocycles. The Morgan fingerprint density at radius 3 is 2.40 bits per heavy atom. The lowest BCUT2D eigenvalue weighted by Crippen LogP contribution is -2.48. The molecule has 52 heavy (non-hydrogen) atoms. The molecule has 14 heteroatoms. The summed E-state index contributed by atoms with van der Waals surface area (Å²) >= 11 is 1.05. The molecule has 1 aromatic heterocycles. The summed E-state index contributed by atoms with van der Waals surface area (Å²) in [6.45, 7) is 7.75. The molecule has 2 aliphatic rings. The normalized spacial score (nSPS) is 17.0. The zero-order valence-corrected chi connectivity index (χ0v) is 30.1. The van der Waals surface area contributed by atoms with Crippen molar-refractivity contribution in [3.05, 3.63) is 95.8 Å². The summed E-state index contributed by atoms with van der Waals surface area (Å²) < 4.78 is 31.5. The maximum absolute atomic E-state index is 15.1. The molecule has 3 heterocycles. The summed E-state index contributed by atoms with van der Waals surface area (Å²) in [6.07, 6.45) is 4.70. The van der Waals surface area contributed by atoms with Gasteiger partial charge in [-0.05, 0) is 60.7 Å². The molecule has 3 unspecified atom stereocenters. The summed E-state index contributed by atoms with van der Waals surface area (Å²) in [5.74, 6) is -5.00. The minimum Gasteiger partial charge on any atom is -0.480 e. The van der Waals surface area contributed by atoms with Gasteiger partial charge in [0.15, 0.2) is 0 Å². The van der Waals surface area contributed by atoms with Crippen molar-refractivity contribution >= 4 is 41.4 Å². The van der Waals surface area contributed by atoms with Crippen LogP contribution in [0, 0.1) is 23.0 Å². The van der Waals surface area contributed by atoms with Gasteiger partial charge in [0.1, 0.15) is 24.2 Å². The van der Waals surface area contributed by atoms with Crippen molar-refractivity contribution in [2.75, 3.05) is 37.7 Å². The Bertz CT molecular complexity index is 1820. The Labute approximate surface area is 305 Å². The van der Waals surface area contributed by atoms with Crippen LogP contribution in [0.15, 0.2) is 72.9 Å². The van der Waals surface area contributed by atoms with Crippen LogP contribution in [0.4, 0.5) is 8.78 Å². The molecular weight excluding hydrogens is 693 g/mol. The van der Waals surface area contributed by atoms with Gasteiger partial charge in [0.2, 0.25) is 11.8 Å². The number of hydrogen-bond acceptors (Lipinski definition) is 7. The Balaban J connectivity index is 1.42. The summed E-state index contributed by atoms with van der Waals surface area (Å²) in [6, 6.07) is 12.9. The smallest absolute Gasteiger partial charge is 0.327 e. The number of hydrogen-bond donors (Lipinski definition) is 3. The highest BCUT2D eigenvalue weighted by Crippen LogP contribution is 2.42. The van der Waals surface area contributed by atoms with Gasteiger partial charge in [-0.2, -0.15) is 0 Å². The minimum absolute atomic E-state index is 0.102. The van der Waals surface area contributed by atoms with Gasteiger partial charge in [0.05, 0.1) is 11.8 Å². The number of benzene rings is 2. The van der Waals surface area contributed by atoms with E-state index >= 15 is 4.39 Å². The van der Waals surface area contributed by atoms with Gasteiger partial charge in [0, 0.05) is 54.0 Å². The van der Waals surface area contributed by atoms with Gasteiger partial charge >= 0.3 is 5.97 Å². The number of carbonyl (C=O) groups is 5. The monoisotopic (exact) mass is 735 g/mol. The van der Waals surface area contributed by atoms with E-state index in [2.05, 4.69) is 10.6 Å². The Morgan fingerprint density at radius 1 is 1.06 bits per heavy atom. The van der Waals surface area contributed by atoms with Crippen molar-refractivity contribution in [3.63, 3.8) is 0 Å². The molecule has 1 fully saturated rings. The van der Waals surface area contributed by atoms with E-state index in [1.165, 1.54) is 0 Å². The number of amides is 4. The lowest BCUT2D eigenvalue weighted by Gasteiger charge is -2.42. The minimum atomic E-state index is -1.39. The largest absolute Gasteiger partial charge is 0.480 e. The van der Waals surface area contributed by atoms with E-state index in [0.717, 1.165) is 66.3 Å². The number of nitrogens with one attached hydrogen (secondary N) is 2. The summed E-state index contributed by atoms with van der Waals surface area (Å²) in [7, 11) is 0. The maximum atomic E-state index is 15.1. The number of carboxylic acid groups (broad SMARTS) is 1. The number of rotatable bonds is 15. The maximum Gasteiger partial charge on any atom is 0.327 e. The molecule has 0 bridgehead atoms. The number of imide groups is 1. The standard InChI is InChI=1S/C38H43F2N5O6S/c1-38(2,3)36(31-15-26(28-16-27(39)9-10-29(28)40)20-43(31)18-24-7-5-4-6-8-24)45(19-25-13-14-41-17-25)35(49)23-52-22-30(37(50)51)42-32(46)21-44-33(47)11-12-34(44)48/h4-12,15-16,20,25,30,36,41H,13-14,17-19,21-23H2,1-3H3,(H,42,46)(H,50,51). The Morgan fingerprint density at radius 2 is 1.77 bits per heavy atom. The number of thioether (sulfide) groups is 1. The fourth-order valence-electron chi connectivity index (χ4n) is 6.60. The molecule has 0 radical (unpaired) electrons. The van der Waals surface area contributed by atoms with Crippen LogP contribution in [0.2, 0.25) is 0 Å². The molecule has 1 saturated heterocycles. The molecule has 4 amide bonds. The number of aliphatic carboxylic acids is 1. The van der Waals surface area contributed by atoms with E-state index in [9.17, 15) is 33.5 Å². The lowest BCUT2D eigenvalue weighted by molar-refractivity contribution is -0.143. The zero-order valence-electron chi connectivity index (χ0n) is 29.3.